The normalized spacial score (nSPS) is 14.7. The van der Waals surface area contributed by atoms with E-state index in [1.54, 1.807) is 26.0 Å². The van der Waals surface area contributed by atoms with Crippen LogP contribution in [0.2, 0.25) is 0 Å². The molecule has 0 atom stereocenters. The first-order valence-electron chi connectivity index (χ1n) is 8.32. The summed E-state index contributed by atoms with van der Waals surface area (Å²) in [7, 11) is 0. The van der Waals surface area contributed by atoms with Crippen LogP contribution in [0, 0.1) is 0 Å². The third-order valence-electron chi connectivity index (χ3n) is 4.40. The van der Waals surface area contributed by atoms with Crippen molar-refractivity contribution in [2.24, 2.45) is 0 Å². The number of rotatable bonds is 4. The largest absolute Gasteiger partial charge is 0.445 e. The van der Waals surface area contributed by atoms with Gasteiger partial charge in [-0.2, -0.15) is 0 Å². The highest BCUT2D eigenvalue weighted by Crippen LogP contribution is 2.41. The van der Waals surface area contributed by atoms with Crippen LogP contribution in [-0.2, 0) is 26.3 Å². The van der Waals surface area contributed by atoms with Gasteiger partial charge in [0.05, 0.1) is 11.1 Å². The van der Waals surface area contributed by atoms with Gasteiger partial charge in [-0.05, 0) is 31.0 Å². The number of para-hydroxylation sites is 1. The van der Waals surface area contributed by atoms with Crippen molar-refractivity contribution in [2.75, 3.05) is 11.4 Å². The van der Waals surface area contributed by atoms with E-state index in [0.717, 1.165) is 16.0 Å². The summed E-state index contributed by atoms with van der Waals surface area (Å²) in [6.07, 6.45) is -0.707. The third kappa shape index (κ3) is 3.31. The Labute approximate surface area is 151 Å². The van der Waals surface area contributed by atoms with Crippen LogP contribution in [0.1, 0.15) is 25.0 Å². The third-order valence-corrected chi connectivity index (χ3v) is 4.40. The van der Waals surface area contributed by atoms with Crippen LogP contribution in [0.25, 0.3) is 0 Å². The molecular formula is C20H20N2O4. The summed E-state index contributed by atoms with van der Waals surface area (Å²) in [4.78, 5) is 38.1. The molecule has 6 heteroatoms. The molecule has 2 aromatic rings. The second-order valence-corrected chi connectivity index (χ2v) is 6.59. The van der Waals surface area contributed by atoms with Crippen LogP contribution in [0.4, 0.5) is 10.5 Å². The van der Waals surface area contributed by atoms with E-state index in [1.165, 1.54) is 0 Å². The number of benzene rings is 2. The number of fused-ring (bicyclic) bond motifs is 1. The van der Waals surface area contributed by atoms with Gasteiger partial charge in [-0.1, -0.05) is 48.5 Å². The average Bonchev–Trinajstić information content (AvgIpc) is 2.85. The number of imide groups is 1. The Hall–Kier alpha value is -3.15. The smallest absolute Gasteiger partial charge is 0.407 e. The average molecular weight is 352 g/mol. The molecule has 3 rings (SSSR count). The van der Waals surface area contributed by atoms with E-state index in [2.05, 4.69) is 5.32 Å². The van der Waals surface area contributed by atoms with E-state index in [0.29, 0.717) is 5.69 Å². The summed E-state index contributed by atoms with van der Waals surface area (Å²) < 4.78 is 5.07. The van der Waals surface area contributed by atoms with Gasteiger partial charge in [0.2, 0.25) is 5.91 Å². The van der Waals surface area contributed by atoms with Gasteiger partial charge in [-0.25, -0.2) is 9.69 Å². The number of ether oxygens (including phenoxy) is 1. The van der Waals surface area contributed by atoms with Gasteiger partial charge in [0.15, 0.2) is 0 Å². The van der Waals surface area contributed by atoms with Crippen molar-refractivity contribution in [3.63, 3.8) is 0 Å². The first-order chi connectivity index (χ1) is 12.4. The number of nitrogens with zero attached hydrogens (tertiary/aromatic N) is 1. The molecule has 0 bridgehead atoms. The van der Waals surface area contributed by atoms with Crippen molar-refractivity contribution in [3.05, 3.63) is 65.7 Å². The van der Waals surface area contributed by atoms with Crippen LogP contribution in [-0.4, -0.2) is 24.5 Å². The molecule has 0 unspecified atom stereocenters. The second kappa shape index (κ2) is 7.00. The van der Waals surface area contributed by atoms with Crippen molar-refractivity contribution in [1.82, 2.24) is 5.32 Å². The van der Waals surface area contributed by atoms with Crippen LogP contribution >= 0.6 is 0 Å². The Morgan fingerprint density at radius 1 is 1.04 bits per heavy atom. The zero-order chi connectivity index (χ0) is 18.7. The lowest BCUT2D eigenvalue weighted by molar-refractivity contribution is -0.128. The summed E-state index contributed by atoms with van der Waals surface area (Å²) >= 11 is 0. The van der Waals surface area contributed by atoms with E-state index in [-0.39, 0.29) is 19.1 Å². The zero-order valence-electron chi connectivity index (χ0n) is 14.7. The molecule has 0 spiro atoms. The van der Waals surface area contributed by atoms with Gasteiger partial charge < -0.3 is 10.1 Å². The van der Waals surface area contributed by atoms with Gasteiger partial charge in [0.1, 0.15) is 13.2 Å². The maximum Gasteiger partial charge on any atom is 0.407 e. The topological polar surface area (TPSA) is 75.7 Å². The van der Waals surface area contributed by atoms with Crippen LogP contribution in [0.15, 0.2) is 54.6 Å². The first-order valence-corrected chi connectivity index (χ1v) is 8.32. The quantitative estimate of drug-likeness (QED) is 0.918. The Morgan fingerprint density at radius 2 is 1.69 bits per heavy atom. The number of anilines is 1. The highest BCUT2D eigenvalue weighted by atomic mass is 16.5. The van der Waals surface area contributed by atoms with Gasteiger partial charge in [-0.3, -0.25) is 9.59 Å². The summed E-state index contributed by atoms with van der Waals surface area (Å²) in [6.45, 7) is 3.36. The summed E-state index contributed by atoms with van der Waals surface area (Å²) in [5, 5.41) is 2.40. The minimum atomic E-state index is -0.778. The van der Waals surface area contributed by atoms with Crippen molar-refractivity contribution in [2.45, 2.75) is 25.9 Å². The Kier molecular flexibility index (Phi) is 4.75. The van der Waals surface area contributed by atoms with E-state index >= 15 is 0 Å². The molecule has 2 aromatic carbocycles. The van der Waals surface area contributed by atoms with Crippen molar-refractivity contribution in [1.29, 1.82) is 0 Å². The molecule has 1 N–H and O–H groups in total. The van der Waals surface area contributed by atoms with E-state index < -0.39 is 17.4 Å². The summed E-state index contributed by atoms with van der Waals surface area (Å²) in [5.41, 5.74) is 1.43. The van der Waals surface area contributed by atoms with Gasteiger partial charge >= 0.3 is 6.09 Å². The lowest BCUT2D eigenvalue weighted by atomic mass is 9.86. The molecule has 26 heavy (non-hydrogen) atoms. The molecule has 0 aromatic heterocycles. The molecule has 134 valence electrons. The molecule has 0 saturated carbocycles. The Balaban J connectivity index is 1.60. The van der Waals surface area contributed by atoms with E-state index in [9.17, 15) is 14.4 Å². The number of alkyl carbamates (subject to hydrolysis) is 1. The number of carbonyl (C=O) groups is 3. The fourth-order valence-electron chi connectivity index (χ4n) is 2.95. The lowest BCUT2D eigenvalue weighted by Gasteiger charge is -2.19. The Bertz CT molecular complexity index is 846. The summed E-state index contributed by atoms with van der Waals surface area (Å²) in [6, 6.07) is 16.4. The summed E-state index contributed by atoms with van der Waals surface area (Å²) in [5.74, 6) is -0.798. The maximum atomic E-state index is 12.6. The highest BCUT2D eigenvalue weighted by Gasteiger charge is 2.46. The Morgan fingerprint density at radius 3 is 2.42 bits per heavy atom. The van der Waals surface area contributed by atoms with Crippen molar-refractivity contribution in [3.8, 4) is 0 Å². The minimum absolute atomic E-state index is 0.110. The SMILES string of the molecule is CC1(C)C(=O)N(C(=O)CNC(=O)OCc2ccccc2)c2ccccc21. The lowest BCUT2D eigenvalue weighted by Crippen LogP contribution is -2.45. The van der Waals surface area contributed by atoms with Crippen LogP contribution in [0.5, 0.6) is 0 Å². The molecule has 0 fully saturated rings. The monoisotopic (exact) mass is 352 g/mol. The van der Waals surface area contributed by atoms with Gasteiger partial charge in [-0.15, -0.1) is 0 Å². The van der Waals surface area contributed by atoms with Crippen LogP contribution in [0.3, 0.4) is 0 Å². The van der Waals surface area contributed by atoms with E-state index in [4.69, 9.17) is 4.74 Å². The molecule has 6 nitrogen and oxygen atoms in total. The molecule has 0 saturated heterocycles. The molecule has 0 aliphatic carbocycles. The molecular weight excluding hydrogens is 332 g/mol. The number of hydrogen-bond donors (Lipinski definition) is 1. The molecule has 0 radical (unpaired) electrons. The molecule has 1 heterocycles. The predicted octanol–water partition coefficient (Wildman–Crippen LogP) is 2.76. The maximum absolute atomic E-state index is 12.6. The number of nitrogens with one attached hydrogen (secondary N) is 1. The van der Waals surface area contributed by atoms with Gasteiger partial charge in [0, 0.05) is 0 Å². The number of carbonyl (C=O) groups excluding carboxylic acids is 3. The predicted molar refractivity (Wildman–Crippen MR) is 96.6 cm³/mol. The second-order valence-electron chi connectivity index (χ2n) is 6.59. The molecule has 1 aliphatic heterocycles. The zero-order valence-corrected chi connectivity index (χ0v) is 14.7. The van der Waals surface area contributed by atoms with Crippen LogP contribution < -0.4 is 10.2 Å². The highest BCUT2D eigenvalue weighted by molar-refractivity contribution is 6.23. The van der Waals surface area contributed by atoms with Gasteiger partial charge in [0.25, 0.3) is 5.91 Å². The standard InChI is InChI=1S/C20H20N2O4/c1-20(2)15-10-6-7-11-16(15)22(18(20)24)17(23)12-21-19(25)26-13-14-8-4-3-5-9-14/h3-11H,12-13H2,1-2H3,(H,21,25). The van der Waals surface area contributed by atoms with Crippen molar-refractivity contribution < 1.29 is 19.1 Å². The molecule has 1 aliphatic rings. The minimum Gasteiger partial charge on any atom is -0.445 e. The number of amides is 3. The first kappa shape index (κ1) is 17.7. The van der Waals surface area contributed by atoms with Crippen molar-refractivity contribution >= 4 is 23.6 Å². The fraction of sp³-hybridized carbons (Fsp3) is 0.250. The van der Waals surface area contributed by atoms with E-state index in [1.807, 2.05) is 42.5 Å². The molecule has 3 amide bonds. The fourth-order valence-corrected chi connectivity index (χ4v) is 2.95. The number of hydrogen-bond acceptors (Lipinski definition) is 4.